The summed E-state index contributed by atoms with van der Waals surface area (Å²) in [6.45, 7) is -0.462. The standard InChI is InChI=1S/C31H21ClN2O4S/c32-22-13-6-5-12-21(22)29(36)33(16-23(35)24-14-7-15-39-24)34-30(37)27-25-17-8-1-2-9-18(17)26(28(27)31(34)38)20-11-4-3-10-19(20)25/h1-15,25-28H,16H2/t25?,26?,27-,28+. The second-order valence-electron chi connectivity index (χ2n) is 10.00. The number of benzene rings is 3. The van der Waals surface area contributed by atoms with Crippen LogP contribution < -0.4 is 0 Å². The van der Waals surface area contributed by atoms with Gasteiger partial charge < -0.3 is 0 Å². The van der Waals surface area contributed by atoms with E-state index in [2.05, 4.69) is 0 Å². The predicted molar refractivity (Wildman–Crippen MR) is 147 cm³/mol. The molecule has 0 N–H and O–H groups in total. The van der Waals surface area contributed by atoms with Crippen molar-refractivity contribution in [3.63, 3.8) is 0 Å². The Morgan fingerprint density at radius 1 is 0.744 bits per heavy atom. The highest BCUT2D eigenvalue weighted by Gasteiger charge is 2.63. The summed E-state index contributed by atoms with van der Waals surface area (Å²) in [7, 11) is 0. The van der Waals surface area contributed by atoms with E-state index in [-0.39, 0.29) is 28.2 Å². The molecule has 6 nitrogen and oxygen atoms in total. The van der Waals surface area contributed by atoms with Gasteiger partial charge in [-0.05, 0) is 45.8 Å². The summed E-state index contributed by atoms with van der Waals surface area (Å²) in [4.78, 5) is 56.1. The van der Waals surface area contributed by atoms with Crippen molar-refractivity contribution in [2.45, 2.75) is 11.8 Å². The lowest BCUT2D eigenvalue weighted by atomic mass is 9.55. The molecule has 2 atom stereocenters. The molecule has 8 heteroatoms. The van der Waals surface area contributed by atoms with Crippen LogP contribution in [0.4, 0.5) is 0 Å². The fourth-order valence-electron chi connectivity index (χ4n) is 6.56. The number of imide groups is 1. The smallest absolute Gasteiger partial charge is 0.274 e. The molecule has 39 heavy (non-hydrogen) atoms. The SMILES string of the molecule is O=C(CN(C(=O)c1ccccc1Cl)N1C(=O)[C@@H]2C3c4ccccc4C(c4ccccc43)[C@@H]2C1=O)c1cccs1. The molecule has 3 aromatic carbocycles. The van der Waals surface area contributed by atoms with Crippen LogP contribution in [-0.2, 0) is 9.59 Å². The molecule has 0 unspecified atom stereocenters. The van der Waals surface area contributed by atoms with Gasteiger partial charge >= 0.3 is 0 Å². The zero-order valence-corrected chi connectivity index (χ0v) is 22.1. The van der Waals surface area contributed by atoms with E-state index in [1.807, 2.05) is 48.5 Å². The number of hydrogen-bond acceptors (Lipinski definition) is 5. The number of carbonyl (C=O) groups is 4. The molecule has 1 saturated heterocycles. The van der Waals surface area contributed by atoms with Gasteiger partial charge in [-0.3, -0.25) is 19.2 Å². The lowest BCUT2D eigenvalue weighted by molar-refractivity contribution is -0.154. The number of halogens is 1. The lowest BCUT2D eigenvalue weighted by Crippen LogP contribution is -2.52. The van der Waals surface area contributed by atoms with E-state index in [1.54, 1.807) is 35.7 Å². The Balaban J connectivity index is 1.35. The van der Waals surface area contributed by atoms with Crippen molar-refractivity contribution < 1.29 is 19.2 Å². The summed E-state index contributed by atoms with van der Waals surface area (Å²) in [5.74, 6) is -3.97. The van der Waals surface area contributed by atoms with Gasteiger partial charge in [0.05, 0.1) is 27.3 Å². The Hall–Kier alpha value is -4.07. The van der Waals surface area contributed by atoms with Gasteiger partial charge in [0.15, 0.2) is 5.78 Å². The number of amides is 3. The van der Waals surface area contributed by atoms with Crippen LogP contribution in [-0.4, -0.2) is 40.1 Å². The molecule has 0 spiro atoms. The van der Waals surface area contributed by atoms with Crippen LogP contribution in [0.1, 0.15) is 54.1 Å². The van der Waals surface area contributed by atoms with Crippen LogP contribution in [0.25, 0.3) is 0 Å². The summed E-state index contributed by atoms with van der Waals surface area (Å²) in [5, 5.41) is 3.87. The maximum atomic E-state index is 14.3. The van der Waals surface area contributed by atoms with E-state index < -0.39 is 36.1 Å². The molecule has 0 saturated carbocycles. The monoisotopic (exact) mass is 552 g/mol. The summed E-state index contributed by atoms with van der Waals surface area (Å²) in [6, 6.07) is 25.7. The molecule has 192 valence electrons. The first-order chi connectivity index (χ1) is 19.0. The summed E-state index contributed by atoms with van der Waals surface area (Å²) in [5.41, 5.74) is 4.24. The molecular weight excluding hydrogens is 532 g/mol. The van der Waals surface area contributed by atoms with Crippen molar-refractivity contribution in [3.8, 4) is 0 Å². The van der Waals surface area contributed by atoms with Gasteiger partial charge in [-0.25, -0.2) is 5.01 Å². The minimum absolute atomic E-state index is 0.114. The third-order valence-electron chi connectivity index (χ3n) is 8.09. The van der Waals surface area contributed by atoms with Gasteiger partial charge in [-0.15, -0.1) is 11.3 Å². The lowest BCUT2D eigenvalue weighted by Gasteiger charge is -2.45. The fourth-order valence-corrected chi connectivity index (χ4v) is 7.43. The summed E-state index contributed by atoms with van der Waals surface area (Å²) >= 11 is 7.60. The van der Waals surface area contributed by atoms with E-state index >= 15 is 0 Å². The molecule has 4 aliphatic rings. The fraction of sp³-hybridized carbons (Fsp3) is 0.161. The van der Waals surface area contributed by atoms with Crippen LogP contribution in [0.2, 0.25) is 5.02 Å². The minimum Gasteiger partial charge on any atom is -0.291 e. The molecule has 4 aromatic rings. The Morgan fingerprint density at radius 3 is 1.74 bits per heavy atom. The van der Waals surface area contributed by atoms with Gasteiger partial charge in [0.25, 0.3) is 17.7 Å². The quantitative estimate of drug-likeness (QED) is 0.241. The molecule has 1 fully saturated rings. The Kier molecular flexibility index (Phi) is 5.54. The Labute approximate surface area is 233 Å². The molecule has 8 rings (SSSR count). The van der Waals surface area contributed by atoms with Crippen LogP contribution in [0.15, 0.2) is 90.3 Å². The first-order valence-corrected chi connectivity index (χ1v) is 13.9. The first kappa shape index (κ1) is 24.0. The number of nitrogens with zero attached hydrogens (tertiary/aromatic N) is 2. The van der Waals surface area contributed by atoms with Gasteiger partial charge in [0, 0.05) is 11.8 Å². The molecule has 2 heterocycles. The van der Waals surface area contributed by atoms with Gasteiger partial charge in [0.2, 0.25) is 0 Å². The third-order valence-corrected chi connectivity index (χ3v) is 9.34. The Morgan fingerprint density at radius 2 is 1.26 bits per heavy atom. The van der Waals surface area contributed by atoms with Gasteiger partial charge in [-0.2, -0.15) is 5.01 Å². The van der Waals surface area contributed by atoms with Crippen molar-refractivity contribution in [1.29, 1.82) is 0 Å². The molecular formula is C31H21ClN2O4S. The first-order valence-electron chi connectivity index (χ1n) is 12.7. The van der Waals surface area contributed by atoms with Gasteiger partial charge in [-0.1, -0.05) is 78.3 Å². The molecule has 3 amide bonds. The van der Waals surface area contributed by atoms with Crippen molar-refractivity contribution in [2.75, 3.05) is 6.54 Å². The number of hydrazine groups is 1. The maximum absolute atomic E-state index is 14.3. The largest absolute Gasteiger partial charge is 0.291 e. The van der Waals surface area contributed by atoms with Crippen LogP contribution >= 0.6 is 22.9 Å². The number of rotatable bonds is 5. The van der Waals surface area contributed by atoms with E-state index in [1.165, 1.54) is 17.4 Å². The minimum atomic E-state index is -0.675. The van der Waals surface area contributed by atoms with Crippen LogP contribution in [0.3, 0.4) is 0 Å². The second-order valence-corrected chi connectivity index (χ2v) is 11.4. The number of ketones is 1. The Bertz CT molecular complexity index is 1570. The van der Waals surface area contributed by atoms with Crippen molar-refractivity contribution in [1.82, 2.24) is 10.0 Å². The summed E-state index contributed by atoms with van der Waals surface area (Å²) in [6.07, 6.45) is 0. The average molecular weight is 553 g/mol. The number of thiophene rings is 1. The maximum Gasteiger partial charge on any atom is 0.274 e. The zero-order valence-electron chi connectivity index (χ0n) is 20.5. The topological polar surface area (TPSA) is 74.8 Å². The molecule has 1 aromatic heterocycles. The molecule has 0 radical (unpaired) electrons. The highest BCUT2D eigenvalue weighted by Crippen LogP contribution is 2.61. The van der Waals surface area contributed by atoms with E-state index in [9.17, 15) is 19.2 Å². The van der Waals surface area contributed by atoms with Crippen molar-refractivity contribution in [2.24, 2.45) is 11.8 Å². The second kappa shape index (κ2) is 9.00. The summed E-state index contributed by atoms with van der Waals surface area (Å²) < 4.78 is 0. The van der Waals surface area contributed by atoms with E-state index in [0.29, 0.717) is 4.88 Å². The number of carbonyl (C=O) groups excluding carboxylic acids is 4. The zero-order chi connectivity index (χ0) is 26.8. The van der Waals surface area contributed by atoms with E-state index in [0.717, 1.165) is 32.3 Å². The molecule has 2 bridgehead atoms. The van der Waals surface area contributed by atoms with Crippen LogP contribution in [0, 0.1) is 11.8 Å². The average Bonchev–Trinajstić information content (AvgIpc) is 3.59. The van der Waals surface area contributed by atoms with Crippen molar-refractivity contribution in [3.05, 3.63) is 128 Å². The van der Waals surface area contributed by atoms with Gasteiger partial charge in [0.1, 0.15) is 6.54 Å². The molecule has 3 aliphatic carbocycles. The third kappa shape index (κ3) is 3.46. The normalized spacial score (nSPS) is 22.3. The van der Waals surface area contributed by atoms with Crippen molar-refractivity contribution >= 4 is 46.4 Å². The highest BCUT2D eigenvalue weighted by atomic mass is 35.5. The van der Waals surface area contributed by atoms with Crippen LogP contribution in [0.5, 0.6) is 0 Å². The number of Topliss-reactive ketones (excluding diaryl/α,β-unsaturated/α-hetero) is 1. The highest BCUT2D eigenvalue weighted by molar-refractivity contribution is 7.12. The number of hydrogen-bond donors (Lipinski definition) is 0. The molecule has 1 aliphatic heterocycles. The predicted octanol–water partition coefficient (Wildman–Crippen LogP) is 5.53. The van der Waals surface area contributed by atoms with E-state index in [4.69, 9.17) is 11.6 Å².